The van der Waals surface area contributed by atoms with E-state index in [2.05, 4.69) is 15.1 Å². The molecule has 2 heterocycles. The van der Waals surface area contributed by atoms with E-state index in [1.54, 1.807) is 11.3 Å². The standard InChI is InChI=1S/C8H10N4OS/c1-5-10-6(4-14-5)8-11-7(2-3-9)12-13-8/h4H,2-3,9H2,1H3. The Labute approximate surface area is 85.0 Å². The molecule has 0 saturated carbocycles. The van der Waals surface area contributed by atoms with Crippen molar-refractivity contribution in [3.8, 4) is 11.6 Å². The van der Waals surface area contributed by atoms with Crippen molar-refractivity contribution in [2.24, 2.45) is 5.73 Å². The number of nitrogens with zero attached hydrogens (tertiary/aromatic N) is 3. The number of hydrogen-bond donors (Lipinski definition) is 1. The fourth-order valence-corrected chi connectivity index (χ4v) is 1.64. The summed E-state index contributed by atoms with van der Waals surface area (Å²) in [4.78, 5) is 8.42. The molecule has 6 heteroatoms. The van der Waals surface area contributed by atoms with E-state index in [0.29, 0.717) is 24.7 Å². The first-order valence-corrected chi connectivity index (χ1v) is 5.12. The van der Waals surface area contributed by atoms with E-state index in [4.69, 9.17) is 10.3 Å². The van der Waals surface area contributed by atoms with Crippen molar-refractivity contribution in [1.29, 1.82) is 0 Å². The Morgan fingerprint density at radius 1 is 1.50 bits per heavy atom. The average molecular weight is 210 g/mol. The zero-order valence-corrected chi connectivity index (χ0v) is 8.54. The van der Waals surface area contributed by atoms with Crippen LogP contribution in [0.15, 0.2) is 9.90 Å². The van der Waals surface area contributed by atoms with Crippen LogP contribution in [0.1, 0.15) is 10.8 Å². The topological polar surface area (TPSA) is 77.8 Å². The second-order valence-corrected chi connectivity index (χ2v) is 3.87. The highest BCUT2D eigenvalue weighted by Gasteiger charge is 2.10. The van der Waals surface area contributed by atoms with Gasteiger partial charge in [0, 0.05) is 11.8 Å². The van der Waals surface area contributed by atoms with E-state index in [0.717, 1.165) is 10.7 Å². The number of aryl methyl sites for hydroxylation is 1. The summed E-state index contributed by atoms with van der Waals surface area (Å²) in [5.41, 5.74) is 6.12. The van der Waals surface area contributed by atoms with Gasteiger partial charge < -0.3 is 10.3 Å². The molecule has 0 spiro atoms. The second-order valence-electron chi connectivity index (χ2n) is 2.81. The van der Waals surface area contributed by atoms with Gasteiger partial charge in [0.05, 0.1) is 5.01 Å². The predicted octanol–water partition coefficient (Wildman–Crippen LogP) is 1.00. The van der Waals surface area contributed by atoms with Crippen LogP contribution in [-0.2, 0) is 6.42 Å². The Kier molecular flexibility index (Phi) is 2.55. The number of aromatic nitrogens is 3. The van der Waals surface area contributed by atoms with E-state index >= 15 is 0 Å². The zero-order valence-electron chi connectivity index (χ0n) is 7.73. The highest BCUT2D eigenvalue weighted by atomic mass is 32.1. The van der Waals surface area contributed by atoms with Gasteiger partial charge in [-0.2, -0.15) is 4.98 Å². The Balaban J connectivity index is 2.24. The summed E-state index contributed by atoms with van der Waals surface area (Å²) in [7, 11) is 0. The number of nitrogens with two attached hydrogens (primary N) is 1. The van der Waals surface area contributed by atoms with Crippen LogP contribution in [-0.4, -0.2) is 21.7 Å². The molecule has 0 aliphatic carbocycles. The summed E-state index contributed by atoms with van der Waals surface area (Å²) < 4.78 is 5.04. The molecule has 2 aromatic heterocycles. The largest absolute Gasteiger partial charge is 0.332 e. The van der Waals surface area contributed by atoms with Crippen LogP contribution in [0.4, 0.5) is 0 Å². The van der Waals surface area contributed by atoms with Gasteiger partial charge in [-0.05, 0) is 13.5 Å². The molecule has 74 valence electrons. The molecule has 2 rings (SSSR count). The molecule has 0 aliphatic heterocycles. The third kappa shape index (κ3) is 1.80. The number of hydrogen-bond acceptors (Lipinski definition) is 6. The van der Waals surface area contributed by atoms with Gasteiger partial charge in [0.1, 0.15) is 5.69 Å². The van der Waals surface area contributed by atoms with E-state index in [-0.39, 0.29) is 0 Å². The van der Waals surface area contributed by atoms with Crippen LogP contribution in [0.2, 0.25) is 0 Å². The van der Waals surface area contributed by atoms with Crippen molar-refractivity contribution in [3.05, 3.63) is 16.2 Å². The van der Waals surface area contributed by atoms with E-state index < -0.39 is 0 Å². The van der Waals surface area contributed by atoms with Crippen LogP contribution in [0.5, 0.6) is 0 Å². The lowest BCUT2D eigenvalue weighted by Gasteiger charge is -1.84. The van der Waals surface area contributed by atoms with Crippen LogP contribution in [0.25, 0.3) is 11.6 Å². The van der Waals surface area contributed by atoms with Gasteiger partial charge in [-0.25, -0.2) is 4.98 Å². The highest BCUT2D eigenvalue weighted by molar-refractivity contribution is 7.09. The maximum absolute atomic E-state index is 5.38. The van der Waals surface area contributed by atoms with E-state index in [1.807, 2.05) is 12.3 Å². The van der Waals surface area contributed by atoms with Gasteiger partial charge in [0.25, 0.3) is 5.89 Å². The third-order valence-corrected chi connectivity index (χ3v) is 2.45. The molecule has 0 radical (unpaired) electrons. The molecule has 5 nitrogen and oxygen atoms in total. The van der Waals surface area contributed by atoms with Crippen LogP contribution < -0.4 is 5.73 Å². The summed E-state index contributed by atoms with van der Waals surface area (Å²) in [6, 6.07) is 0. The number of thiazole rings is 1. The summed E-state index contributed by atoms with van der Waals surface area (Å²) >= 11 is 1.56. The lowest BCUT2D eigenvalue weighted by molar-refractivity contribution is 0.421. The van der Waals surface area contributed by atoms with Crippen molar-refractivity contribution in [2.75, 3.05) is 6.54 Å². The summed E-state index contributed by atoms with van der Waals surface area (Å²) in [5, 5.41) is 6.67. The van der Waals surface area contributed by atoms with Gasteiger partial charge >= 0.3 is 0 Å². The predicted molar refractivity (Wildman–Crippen MR) is 52.9 cm³/mol. The second kappa shape index (κ2) is 3.85. The first kappa shape index (κ1) is 9.29. The van der Waals surface area contributed by atoms with Gasteiger partial charge in [0.15, 0.2) is 5.82 Å². The van der Waals surface area contributed by atoms with Crippen molar-refractivity contribution in [2.45, 2.75) is 13.3 Å². The highest BCUT2D eigenvalue weighted by Crippen LogP contribution is 2.19. The van der Waals surface area contributed by atoms with Crippen molar-refractivity contribution < 1.29 is 4.52 Å². The summed E-state index contributed by atoms with van der Waals surface area (Å²) in [6.45, 7) is 2.46. The van der Waals surface area contributed by atoms with Crippen molar-refractivity contribution in [3.63, 3.8) is 0 Å². The molecule has 0 bridgehead atoms. The summed E-state index contributed by atoms with van der Waals surface area (Å²) in [5.74, 6) is 1.10. The fourth-order valence-electron chi connectivity index (χ4n) is 1.05. The van der Waals surface area contributed by atoms with Crippen LogP contribution >= 0.6 is 11.3 Å². The lowest BCUT2D eigenvalue weighted by atomic mass is 10.4. The van der Waals surface area contributed by atoms with Crippen molar-refractivity contribution in [1.82, 2.24) is 15.1 Å². The van der Waals surface area contributed by atoms with Crippen LogP contribution in [0.3, 0.4) is 0 Å². The molecule has 0 unspecified atom stereocenters. The molecule has 0 fully saturated rings. The zero-order chi connectivity index (χ0) is 9.97. The van der Waals surface area contributed by atoms with E-state index in [1.165, 1.54) is 0 Å². The normalized spacial score (nSPS) is 10.7. The Morgan fingerprint density at radius 3 is 3.00 bits per heavy atom. The molecule has 0 atom stereocenters. The first-order chi connectivity index (χ1) is 6.79. The lowest BCUT2D eigenvalue weighted by Crippen LogP contribution is -2.03. The fraction of sp³-hybridized carbons (Fsp3) is 0.375. The third-order valence-electron chi connectivity index (χ3n) is 1.67. The molecular formula is C8H10N4OS. The Bertz CT molecular complexity index is 422. The number of rotatable bonds is 3. The molecule has 0 amide bonds. The maximum atomic E-state index is 5.38. The summed E-state index contributed by atoms with van der Waals surface area (Å²) in [6.07, 6.45) is 0.632. The van der Waals surface area contributed by atoms with Gasteiger partial charge in [-0.15, -0.1) is 11.3 Å². The minimum atomic E-state index is 0.470. The Morgan fingerprint density at radius 2 is 2.36 bits per heavy atom. The first-order valence-electron chi connectivity index (χ1n) is 4.25. The molecule has 0 saturated heterocycles. The SMILES string of the molecule is Cc1nc(-c2nc(CCN)no2)cs1. The van der Waals surface area contributed by atoms with Crippen LogP contribution in [0, 0.1) is 6.92 Å². The molecule has 14 heavy (non-hydrogen) atoms. The molecule has 0 aliphatic rings. The monoisotopic (exact) mass is 210 g/mol. The maximum Gasteiger partial charge on any atom is 0.277 e. The minimum Gasteiger partial charge on any atom is -0.332 e. The average Bonchev–Trinajstić information content (AvgIpc) is 2.74. The minimum absolute atomic E-state index is 0.470. The van der Waals surface area contributed by atoms with Crippen molar-refractivity contribution >= 4 is 11.3 Å². The van der Waals surface area contributed by atoms with Gasteiger partial charge in [-0.1, -0.05) is 5.16 Å². The smallest absolute Gasteiger partial charge is 0.277 e. The molecular weight excluding hydrogens is 200 g/mol. The quantitative estimate of drug-likeness (QED) is 0.817. The Hall–Kier alpha value is -1.27. The molecule has 2 N–H and O–H groups in total. The molecule has 2 aromatic rings. The molecule has 0 aromatic carbocycles. The van der Waals surface area contributed by atoms with Gasteiger partial charge in [-0.3, -0.25) is 0 Å². The van der Waals surface area contributed by atoms with Gasteiger partial charge in [0.2, 0.25) is 0 Å². The van der Waals surface area contributed by atoms with E-state index in [9.17, 15) is 0 Å².